The Kier molecular flexibility index (Phi) is 3.21. The van der Waals surface area contributed by atoms with Crippen LogP contribution in [0, 0.1) is 0 Å². The first-order valence-electron chi connectivity index (χ1n) is 6.46. The van der Waals surface area contributed by atoms with Gasteiger partial charge >= 0.3 is 0 Å². The molecule has 1 N–H and O–H groups in total. The zero-order valence-corrected chi connectivity index (χ0v) is 11.2. The van der Waals surface area contributed by atoms with Crippen molar-refractivity contribution in [3.8, 4) is 0 Å². The summed E-state index contributed by atoms with van der Waals surface area (Å²) in [6.45, 7) is 0. The highest BCUT2D eigenvalue weighted by Crippen LogP contribution is 2.16. The second kappa shape index (κ2) is 5.17. The Morgan fingerprint density at radius 2 is 1.80 bits per heavy atom. The topological polar surface area (TPSA) is 50.4 Å². The van der Waals surface area contributed by atoms with Crippen LogP contribution in [-0.4, -0.2) is 20.5 Å². The molecule has 100 valence electrons. The van der Waals surface area contributed by atoms with Gasteiger partial charge in [-0.05, 0) is 17.7 Å². The number of hydrogen-bond donors (Lipinski definition) is 1. The highest BCUT2D eigenvalue weighted by Gasteiger charge is 2.12. The van der Waals surface area contributed by atoms with Crippen molar-refractivity contribution in [1.29, 1.82) is 0 Å². The van der Waals surface area contributed by atoms with Gasteiger partial charge in [-0.2, -0.15) is 0 Å². The Labute approximate surface area is 117 Å². The van der Waals surface area contributed by atoms with Crippen LogP contribution in [0.2, 0.25) is 0 Å². The van der Waals surface area contributed by atoms with E-state index in [9.17, 15) is 5.21 Å². The molecule has 4 nitrogen and oxygen atoms in total. The number of imidazole rings is 1. The second-order valence-electron chi connectivity index (χ2n) is 4.67. The van der Waals surface area contributed by atoms with E-state index in [1.165, 1.54) is 0 Å². The van der Waals surface area contributed by atoms with Gasteiger partial charge in [-0.15, -0.1) is 0 Å². The smallest absolute Gasteiger partial charge is 0.115 e. The van der Waals surface area contributed by atoms with Gasteiger partial charge in [0.2, 0.25) is 0 Å². The van der Waals surface area contributed by atoms with Crippen LogP contribution in [0.25, 0.3) is 11.0 Å². The van der Waals surface area contributed by atoms with Gasteiger partial charge in [0.05, 0.1) is 23.2 Å². The summed E-state index contributed by atoms with van der Waals surface area (Å²) in [6.07, 6.45) is 0.492. The van der Waals surface area contributed by atoms with Crippen LogP contribution in [0.4, 0.5) is 0 Å². The molecule has 0 bridgehead atoms. The Bertz CT molecular complexity index is 760. The predicted molar refractivity (Wildman–Crippen MR) is 79.2 cm³/mol. The number of hydrogen-bond acceptors (Lipinski definition) is 3. The zero-order valence-electron chi connectivity index (χ0n) is 11.2. The standard InChI is InChI=1S/C16H15N3O/c1-19-15-10-6-5-9-13(15)17-16(19)11-14(18-20)12-7-3-2-4-8-12/h2-10,20H,11H2,1H3. The maximum absolute atomic E-state index is 9.26. The van der Waals surface area contributed by atoms with E-state index in [2.05, 4.69) is 10.1 Å². The fourth-order valence-corrected chi connectivity index (χ4v) is 2.33. The first-order valence-corrected chi connectivity index (χ1v) is 6.46. The fraction of sp³-hybridized carbons (Fsp3) is 0.125. The van der Waals surface area contributed by atoms with E-state index < -0.39 is 0 Å². The lowest BCUT2D eigenvalue weighted by Crippen LogP contribution is -2.09. The SMILES string of the molecule is Cn1c(CC(=NO)c2ccccc2)nc2ccccc21. The highest BCUT2D eigenvalue weighted by molar-refractivity contribution is 6.01. The van der Waals surface area contributed by atoms with E-state index in [0.717, 1.165) is 22.4 Å². The lowest BCUT2D eigenvalue weighted by atomic mass is 10.1. The lowest BCUT2D eigenvalue weighted by Gasteiger charge is -2.05. The van der Waals surface area contributed by atoms with E-state index >= 15 is 0 Å². The van der Waals surface area contributed by atoms with Crippen LogP contribution in [0.1, 0.15) is 11.4 Å². The average Bonchev–Trinajstić information content (AvgIpc) is 2.82. The molecular weight excluding hydrogens is 250 g/mol. The molecular formula is C16H15N3O. The van der Waals surface area contributed by atoms with E-state index in [0.29, 0.717) is 12.1 Å². The van der Waals surface area contributed by atoms with Crippen molar-refractivity contribution >= 4 is 16.7 Å². The summed E-state index contributed by atoms with van der Waals surface area (Å²) in [6, 6.07) is 17.6. The molecule has 2 aromatic carbocycles. The Hall–Kier alpha value is -2.62. The molecule has 0 radical (unpaired) electrons. The average molecular weight is 265 g/mol. The third-order valence-corrected chi connectivity index (χ3v) is 3.43. The molecule has 0 fully saturated rings. The van der Waals surface area contributed by atoms with Gasteiger partial charge < -0.3 is 9.77 Å². The molecule has 0 aliphatic rings. The highest BCUT2D eigenvalue weighted by atomic mass is 16.4. The Balaban J connectivity index is 1.98. The molecule has 0 unspecified atom stereocenters. The van der Waals surface area contributed by atoms with Crippen molar-refractivity contribution in [3.05, 3.63) is 66.0 Å². The molecule has 3 rings (SSSR count). The Morgan fingerprint density at radius 1 is 1.10 bits per heavy atom. The molecule has 0 aliphatic carbocycles. The predicted octanol–water partition coefficient (Wildman–Crippen LogP) is 2.99. The van der Waals surface area contributed by atoms with E-state index in [1.54, 1.807) is 0 Å². The van der Waals surface area contributed by atoms with Crippen molar-refractivity contribution in [2.24, 2.45) is 12.2 Å². The van der Waals surface area contributed by atoms with Gasteiger partial charge in [-0.3, -0.25) is 0 Å². The summed E-state index contributed by atoms with van der Waals surface area (Å²) in [7, 11) is 1.98. The molecule has 0 amide bonds. The summed E-state index contributed by atoms with van der Waals surface area (Å²) >= 11 is 0. The number of nitrogens with zero attached hydrogens (tertiary/aromatic N) is 3. The van der Waals surface area contributed by atoms with Gasteiger partial charge in [-0.1, -0.05) is 47.6 Å². The summed E-state index contributed by atoms with van der Waals surface area (Å²) in [4.78, 5) is 4.60. The van der Waals surface area contributed by atoms with Crippen LogP contribution in [0.3, 0.4) is 0 Å². The first kappa shape index (κ1) is 12.4. The number of aromatic nitrogens is 2. The number of benzene rings is 2. The summed E-state index contributed by atoms with van der Waals surface area (Å²) in [5.41, 5.74) is 3.55. The minimum Gasteiger partial charge on any atom is -0.411 e. The molecule has 0 saturated carbocycles. The largest absolute Gasteiger partial charge is 0.411 e. The molecule has 0 aliphatic heterocycles. The van der Waals surface area contributed by atoms with E-state index in [4.69, 9.17) is 0 Å². The molecule has 0 saturated heterocycles. The minimum atomic E-state index is 0.492. The van der Waals surface area contributed by atoms with Crippen molar-refractivity contribution < 1.29 is 5.21 Å². The molecule has 0 spiro atoms. The Morgan fingerprint density at radius 3 is 2.50 bits per heavy atom. The summed E-state index contributed by atoms with van der Waals surface area (Å²) in [5, 5.41) is 12.7. The third-order valence-electron chi connectivity index (χ3n) is 3.43. The van der Waals surface area contributed by atoms with Crippen LogP contribution in [0.5, 0.6) is 0 Å². The number of fused-ring (bicyclic) bond motifs is 1. The first-order chi connectivity index (χ1) is 9.79. The number of para-hydroxylation sites is 2. The summed E-state index contributed by atoms with van der Waals surface area (Å²) in [5.74, 6) is 0.878. The maximum atomic E-state index is 9.26. The minimum absolute atomic E-state index is 0.492. The van der Waals surface area contributed by atoms with Crippen LogP contribution >= 0.6 is 0 Å². The van der Waals surface area contributed by atoms with E-state index in [1.807, 2.05) is 66.2 Å². The van der Waals surface area contributed by atoms with Crippen LogP contribution in [-0.2, 0) is 13.5 Å². The quantitative estimate of drug-likeness (QED) is 0.449. The molecule has 4 heteroatoms. The number of oxime groups is 1. The monoisotopic (exact) mass is 265 g/mol. The molecule has 1 heterocycles. The molecule has 3 aromatic rings. The second-order valence-corrected chi connectivity index (χ2v) is 4.67. The molecule has 1 aromatic heterocycles. The molecule has 20 heavy (non-hydrogen) atoms. The van der Waals surface area contributed by atoms with Gasteiger partial charge in [-0.25, -0.2) is 4.98 Å². The van der Waals surface area contributed by atoms with Gasteiger partial charge in [0.1, 0.15) is 5.82 Å². The molecule has 0 atom stereocenters. The van der Waals surface area contributed by atoms with Crippen molar-refractivity contribution in [2.75, 3.05) is 0 Å². The van der Waals surface area contributed by atoms with Crippen LogP contribution in [0.15, 0.2) is 59.8 Å². The maximum Gasteiger partial charge on any atom is 0.115 e. The van der Waals surface area contributed by atoms with E-state index in [-0.39, 0.29) is 0 Å². The van der Waals surface area contributed by atoms with Gasteiger partial charge in [0.15, 0.2) is 0 Å². The van der Waals surface area contributed by atoms with Crippen molar-refractivity contribution in [1.82, 2.24) is 9.55 Å². The fourth-order valence-electron chi connectivity index (χ4n) is 2.33. The van der Waals surface area contributed by atoms with Gasteiger partial charge in [0.25, 0.3) is 0 Å². The summed E-state index contributed by atoms with van der Waals surface area (Å²) < 4.78 is 2.03. The van der Waals surface area contributed by atoms with Gasteiger partial charge in [0, 0.05) is 7.05 Å². The lowest BCUT2D eigenvalue weighted by molar-refractivity contribution is 0.318. The number of aryl methyl sites for hydroxylation is 1. The zero-order chi connectivity index (χ0) is 13.9. The third kappa shape index (κ3) is 2.16. The van der Waals surface area contributed by atoms with Crippen molar-refractivity contribution in [2.45, 2.75) is 6.42 Å². The van der Waals surface area contributed by atoms with Crippen LogP contribution < -0.4 is 0 Å². The normalized spacial score (nSPS) is 11.9. The number of rotatable bonds is 3. The van der Waals surface area contributed by atoms with Crippen molar-refractivity contribution in [3.63, 3.8) is 0 Å².